The topological polar surface area (TPSA) is 114 Å². The number of carbonyl (C=O) groups is 3. The van der Waals surface area contributed by atoms with Crippen LogP contribution < -0.4 is 10.1 Å². The quantitative estimate of drug-likeness (QED) is 0.522. The van der Waals surface area contributed by atoms with E-state index < -0.39 is 6.04 Å². The van der Waals surface area contributed by atoms with Crippen LogP contribution in [0.2, 0.25) is 0 Å². The minimum atomic E-state index is -0.468. The summed E-state index contributed by atoms with van der Waals surface area (Å²) in [5.74, 6) is 1.18. The third-order valence-electron chi connectivity index (χ3n) is 7.84. The molecule has 214 valence electrons. The van der Waals surface area contributed by atoms with Gasteiger partial charge in [0.1, 0.15) is 11.5 Å². The fourth-order valence-corrected chi connectivity index (χ4v) is 5.42. The standard InChI is InChI=1S/C31H34N4O6/c1-2-34-18-29(36)32-26-17-35(31(38)28-16-25(33-41-28)22-9-10-22)12-11-27(26)39-19-21-6-4-8-24(14-21)40-23-7-3-5-20(13-23)15-30(34)37/h3-8,13-14,16,22,26-27H,2,9-12,15,17-19H2,1H3,(H,32,36)/t26-,27-/m0/s1. The summed E-state index contributed by atoms with van der Waals surface area (Å²) in [6.07, 6.45) is 2.47. The summed E-state index contributed by atoms with van der Waals surface area (Å²) in [5.41, 5.74) is 2.55. The number of rotatable bonds is 3. The summed E-state index contributed by atoms with van der Waals surface area (Å²) in [6, 6.07) is 16.3. The number of fused-ring (bicyclic) bond motifs is 5. The van der Waals surface area contributed by atoms with E-state index in [1.165, 1.54) is 4.90 Å². The minimum absolute atomic E-state index is 0.0870. The van der Waals surface area contributed by atoms with E-state index in [2.05, 4.69) is 10.5 Å². The summed E-state index contributed by atoms with van der Waals surface area (Å²) < 4.78 is 17.8. The Kier molecular flexibility index (Phi) is 7.74. The smallest absolute Gasteiger partial charge is 0.292 e. The number of hydrogen-bond acceptors (Lipinski definition) is 7. The van der Waals surface area contributed by atoms with Crippen molar-refractivity contribution in [2.24, 2.45) is 0 Å². The summed E-state index contributed by atoms with van der Waals surface area (Å²) in [6.45, 7) is 3.17. The number of benzene rings is 2. The highest BCUT2D eigenvalue weighted by Gasteiger charge is 2.36. The van der Waals surface area contributed by atoms with Crippen molar-refractivity contribution in [2.45, 2.75) is 57.3 Å². The number of aromatic nitrogens is 1. The predicted molar refractivity (Wildman–Crippen MR) is 148 cm³/mol. The third kappa shape index (κ3) is 6.43. The normalized spacial score (nSPS) is 21.9. The Morgan fingerprint density at radius 3 is 2.54 bits per heavy atom. The fraction of sp³-hybridized carbons (Fsp3) is 0.419. The Morgan fingerprint density at radius 2 is 1.78 bits per heavy atom. The number of likely N-dealkylation sites (tertiary alicyclic amines) is 1. The minimum Gasteiger partial charge on any atom is -0.457 e. The van der Waals surface area contributed by atoms with Gasteiger partial charge in [0.05, 0.1) is 37.4 Å². The lowest BCUT2D eigenvalue weighted by Crippen LogP contribution is -2.58. The van der Waals surface area contributed by atoms with Crippen LogP contribution in [0.1, 0.15) is 59.5 Å². The van der Waals surface area contributed by atoms with Gasteiger partial charge < -0.3 is 29.1 Å². The second kappa shape index (κ2) is 11.7. The highest BCUT2D eigenvalue weighted by Crippen LogP contribution is 2.39. The first-order valence-corrected chi connectivity index (χ1v) is 14.3. The molecule has 0 unspecified atom stereocenters. The molecule has 0 spiro atoms. The zero-order valence-corrected chi connectivity index (χ0v) is 23.1. The zero-order chi connectivity index (χ0) is 28.3. The number of amides is 3. The van der Waals surface area contributed by atoms with E-state index in [0.717, 1.165) is 29.7 Å². The monoisotopic (exact) mass is 558 g/mol. The van der Waals surface area contributed by atoms with E-state index in [0.29, 0.717) is 43.5 Å². The number of nitrogens with zero attached hydrogens (tertiary/aromatic N) is 3. The number of ether oxygens (including phenoxy) is 2. The molecule has 6 rings (SSSR count). The molecule has 1 saturated carbocycles. The van der Waals surface area contributed by atoms with Crippen molar-refractivity contribution in [3.8, 4) is 11.5 Å². The van der Waals surface area contributed by atoms with E-state index in [-0.39, 0.29) is 49.1 Å². The first kappa shape index (κ1) is 27.0. The SMILES string of the molecule is CCN1CC(=O)N[C@H]2CN(C(=O)c3cc(C4CC4)no3)CC[C@@H]2OCc2cccc(c2)Oc2cccc(c2)CC1=O. The van der Waals surface area contributed by atoms with Gasteiger partial charge in [0.15, 0.2) is 0 Å². The number of likely N-dealkylation sites (N-methyl/N-ethyl adjacent to an activating group) is 1. The molecule has 1 aromatic heterocycles. The lowest BCUT2D eigenvalue weighted by atomic mass is 10.0. The van der Waals surface area contributed by atoms with Crippen molar-refractivity contribution >= 4 is 17.7 Å². The lowest BCUT2D eigenvalue weighted by Gasteiger charge is -2.38. The largest absolute Gasteiger partial charge is 0.457 e. The van der Waals surface area contributed by atoms with Gasteiger partial charge in [0.2, 0.25) is 17.6 Å². The number of carbonyl (C=O) groups excluding carboxylic acids is 3. The maximum atomic E-state index is 13.3. The second-order valence-corrected chi connectivity index (χ2v) is 10.9. The Hall–Kier alpha value is -4.18. The Balaban J connectivity index is 1.23. The predicted octanol–water partition coefficient (Wildman–Crippen LogP) is 3.67. The first-order valence-electron chi connectivity index (χ1n) is 14.3. The zero-order valence-electron chi connectivity index (χ0n) is 23.1. The fourth-order valence-electron chi connectivity index (χ4n) is 5.42. The number of piperidine rings is 1. The molecular weight excluding hydrogens is 524 g/mol. The van der Waals surface area contributed by atoms with Gasteiger partial charge in [0.25, 0.3) is 5.91 Å². The Bertz CT molecular complexity index is 1430. The van der Waals surface area contributed by atoms with E-state index in [1.54, 1.807) is 11.0 Å². The average Bonchev–Trinajstić information content (AvgIpc) is 3.70. The van der Waals surface area contributed by atoms with Crippen molar-refractivity contribution in [3.05, 3.63) is 77.2 Å². The lowest BCUT2D eigenvalue weighted by molar-refractivity contribution is -0.136. The Morgan fingerprint density at radius 1 is 1.02 bits per heavy atom. The van der Waals surface area contributed by atoms with Crippen LogP contribution in [0.4, 0.5) is 0 Å². The van der Waals surface area contributed by atoms with E-state index in [4.69, 9.17) is 14.0 Å². The molecule has 0 radical (unpaired) electrons. The molecule has 2 aromatic carbocycles. The molecule has 2 fully saturated rings. The van der Waals surface area contributed by atoms with Crippen molar-refractivity contribution in [1.82, 2.24) is 20.3 Å². The van der Waals surface area contributed by atoms with Gasteiger partial charge in [0, 0.05) is 31.6 Å². The maximum Gasteiger partial charge on any atom is 0.292 e. The van der Waals surface area contributed by atoms with Crippen molar-refractivity contribution < 1.29 is 28.4 Å². The molecule has 10 heteroatoms. The van der Waals surface area contributed by atoms with Gasteiger partial charge in [-0.3, -0.25) is 14.4 Å². The summed E-state index contributed by atoms with van der Waals surface area (Å²) in [7, 11) is 0. The molecular formula is C31H34N4O6. The molecule has 2 aliphatic heterocycles. The van der Waals surface area contributed by atoms with Crippen LogP contribution in [0.25, 0.3) is 0 Å². The molecule has 1 N–H and O–H groups in total. The molecule has 3 heterocycles. The molecule has 3 amide bonds. The molecule has 4 bridgehead atoms. The maximum absolute atomic E-state index is 13.3. The highest BCUT2D eigenvalue weighted by molar-refractivity contribution is 5.92. The molecule has 10 nitrogen and oxygen atoms in total. The summed E-state index contributed by atoms with van der Waals surface area (Å²) in [5, 5.41) is 7.13. The highest BCUT2D eigenvalue weighted by atomic mass is 16.5. The molecule has 41 heavy (non-hydrogen) atoms. The van der Waals surface area contributed by atoms with Crippen LogP contribution in [0.15, 0.2) is 59.1 Å². The molecule has 1 aliphatic carbocycles. The van der Waals surface area contributed by atoms with Gasteiger partial charge in [-0.15, -0.1) is 0 Å². The third-order valence-corrected chi connectivity index (χ3v) is 7.84. The number of nitrogens with one attached hydrogen (secondary N) is 1. The van der Waals surface area contributed by atoms with Crippen LogP contribution in [0.3, 0.4) is 0 Å². The Labute approximate surface area is 238 Å². The van der Waals surface area contributed by atoms with Gasteiger partial charge >= 0.3 is 0 Å². The average molecular weight is 559 g/mol. The molecule has 3 aliphatic rings. The number of hydrogen-bond donors (Lipinski definition) is 1. The molecule has 2 atom stereocenters. The van der Waals surface area contributed by atoms with Crippen molar-refractivity contribution in [3.63, 3.8) is 0 Å². The van der Waals surface area contributed by atoms with Crippen LogP contribution in [0, 0.1) is 0 Å². The van der Waals surface area contributed by atoms with Gasteiger partial charge in [-0.25, -0.2) is 0 Å². The molecule has 1 saturated heterocycles. The van der Waals surface area contributed by atoms with Crippen molar-refractivity contribution in [1.29, 1.82) is 0 Å². The van der Waals surface area contributed by atoms with Gasteiger partial charge in [-0.05, 0) is 61.6 Å². The van der Waals surface area contributed by atoms with Crippen LogP contribution in [-0.4, -0.2) is 71.0 Å². The van der Waals surface area contributed by atoms with Gasteiger partial charge in [-0.2, -0.15) is 0 Å². The second-order valence-electron chi connectivity index (χ2n) is 10.9. The summed E-state index contributed by atoms with van der Waals surface area (Å²) >= 11 is 0. The van der Waals surface area contributed by atoms with Crippen LogP contribution in [0.5, 0.6) is 11.5 Å². The van der Waals surface area contributed by atoms with E-state index in [9.17, 15) is 14.4 Å². The van der Waals surface area contributed by atoms with Crippen LogP contribution >= 0.6 is 0 Å². The van der Waals surface area contributed by atoms with Gasteiger partial charge in [-0.1, -0.05) is 29.4 Å². The molecule has 3 aromatic rings. The summed E-state index contributed by atoms with van der Waals surface area (Å²) in [4.78, 5) is 42.9. The first-order chi connectivity index (χ1) is 19.9. The van der Waals surface area contributed by atoms with Crippen molar-refractivity contribution in [2.75, 3.05) is 26.2 Å². The van der Waals surface area contributed by atoms with Crippen LogP contribution in [-0.2, 0) is 27.4 Å². The van der Waals surface area contributed by atoms with E-state index >= 15 is 0 Å². The van der Waals surface area contributed by atoms with E-state index in [1.807, 2.05) is 55.5 Å².